The molecule has 0 heterocycles. The van der Waals surface area contributed by atoms with Gasteiger partial charge < -0.3 is 29.5 Å². The van der Waals surface area contributed by atoms with E-state index in [0.29, 0.717) is 33.5 Å². The van der Waals surface area contributed by atoms with Crippen LogP contribution in [0.15, 0.2) is 66.7 Å². The lowest BCUT2D eigenvalue weighted by molar-refractivity contribution is -0.164. The Bertz CT molecular complexity index is 1350. The third-order valence-corrected chi connectivity index (χ3v) is 6.74. The lowest BCUT2D eigenvalue weighted by Gasteiger charge is -2.25. The van der Waals surface area contributed by atoms with Gasteiger partial charge in [0.15, 0.2) is 5.60 Å². The molecule has 2 amide bonds. The van der Waals surface area contributed by atoms with E-state index < -0.39 is 29.3 Å². The Hall–Kier alpha value is -3.67. The number of carboxylic acid groups (broad SMARTS) is 1. The van der Waals surface area contributed by atoms with Gasteiger partial charge >= 0.3 is 18.2 Å². The van der Waals surface area contributed by atoms with Gasteiger partial charge in [-0.1, -0.05) is 35.3 Å². The van der Waals surface area contributed by atoms with Gasteiger partial charge in [0, 0.05) is 28.9 Å². The fourth-order valence-electron chi connectivity index (χ4n) is 4.02. The van der Waals surface area contributed by atoms with Crippen molar-refractivity contribution in [3.8, 4) is 11.5 Å². The number of urea groups is 1. The highest BCUT2D eigenvalue weighted by Gasteiger charge is 2.36. The molecular formula is C30H31Cl2F3N2O6. The predicted octanol–water partition coefficient (Wildman–Crippen LogP) is 7.73. The van der Waals surface area contributed by atoms with Crippen molar-refractivity contribution in [2.75, 3.05) is 38.2 Å². The van der Waals surface area contributed by atoms with Crippen LogP contribution in [0.5, 0.6) is 11.5 Å². The molecule has 0 radical (unpaired) electrons. The molecule has 8 nitrogen and oxygen atoms in total. The summed E-state index contributed by atoms with van der Waals surface area (Å²) in [4.78, 5) is 26.3. The first-order valence-electron chi connectivity index (χ1n) is 13.2. The second-order valence-corrected chi connectivity index (χ2v) is 10.3. The molecule has 3 rings (SSSR count). The fraction of sp³-hybridized carbons (Fsp3) is 0.333. The lowest BCUT2D eigenvalue weighted by Crippen LogP contribution is -2.39. The molecule has 1 atom stereocenters. The summed E-state index contributed by atoms with van der Waals surface area (Å²) in [7, 11) is 0. The first kappa shape index (κ1) is 33.8. The first-order chi connectivity index (χ1) is 20.3. The second kappa shape index (κ2) is 15.2. The van der Waals surface area contributed by atoms with Crippen LogP contribution in [0, 0.1) is 0 Å². The highest BCUT2D eigenvalue weighted by molar-refractivity contribution is 6.34. The molecule has 0 spiro atoms. The number of anilines is 1. The highest BCUT2D eigenvalue weighted by Crippen LogP contribution is 2.30. The topological polar surface area (TPSA) is 97.3 Å². The number of amides is 2. The van der Waals surface area contributed by atoms with Crippen molar-refractivity contribution in [2.45, 2.75) is 32.0 Å². The summed E-state index contributed by atoms with van der Waals surface area (Å²) < 4.78 is 55.7. The van der Waals surface area contributed by atoms with E-state index >= 15 is 0 Å². The maximum Gasteiger partial charge on any atom is 0.416 e. The number of carboxylic acids is 1. The molecule has 0 bridgehead atoms. The van der Waals surface area contributed by atoms with Gasteiger partial charge in [-0.25, -0.2) is 9.59 Å². The molecule has 2 N–H and O–H groups in total. The zero-order chi connectivity index (χ0) is 31.6. The third kappa shape index (κ3) is 9.94. The van der Waals surface area contributed by atoms with Gasteiger partial charge in [0.05, 0.1) is 18.7 Å². The van der Waals surface area contributed by atoms with E-state index in [1.54, 1.807) is 49.4 Å². The number of nitrogens with zero attached hydrogens (tertiary/aromatic N) is 1. The van der Waals surface area contributed by atoms with Crippen molar-refractivity contribution in [2.24, 2.45) is 0 Å². The van der Waals surface area contributed by atoms with Crippen LogP contribution < -0.4 is 14.8 Å². The Morgan fingerprint density at radius 1 is 0.860 bits per heavy atom. The molecule has 43 heavy (non-hydrogen) atoms. The van der Waals surface area contributed by atoms with Gasteiger partial charge in [0.25, 0.3) is 0 Å². The van der Waals surface area contributed by atoms with Crippen molar-refractivity contribution in [1.29, 1.82) is 0 Å². The van der Waals surface area contributed by atoms with Crippen molar-refractivity contribution < 1.29 is 42.1 Å². The number of ether oxygens (including phenoxy) is 3. The van der Waals surface area contributed by atoms with Crippen molar-refractivity contribution in [1.82, 2.24) is 4.90 Å². The van der Waals surface area contributed by atoms with E-state index in [0.717, 1.165) is 12.1 Å². The quantitative estimate of drug-likeness (QED) is 0.175. The van der Waals surface area contributed by atoms with Crippen LogP contribution in [0.2, 0.25) is 10.0 Å². The third-order valence-electron chi connectivity index (χ3n) is 6.30. The number of halogens is 5. The normalized spacial score (nSPS) is 12.7. The Labute approximate surface area is 257 Å². The lowest BCUT2D eigenvalue weighted by atomic mass is 9.96. The monoisotopic (exact) mass is 642 g/mol. The van der Waals surface area contributed by atoms with Crippen LogP contribution in [0.4, 0.5) is 23.7 Å². The van der Waals surface area contributed by atoms with E-state index in [1.807, 2.05) is 0 Å². The Kier molecular flexibility index (Phi) is 11.9. The van der Waals surface area contributed by atoms with Gasteiger partial charge in [0.1, 0.15) is 18.1 Å². The zero-order valence-electron chi connectivity index (χ0n) is 23.4. The molecule has 3 aromatic carbocycles. The standard InChI is InChI=1S/C30H31Cl2F3N2O6/c1-3-43-29(2,27(38)39)20-7-11-25(12-8-20)42-16-14-37(13-4-15-41-26-18-22(31)17-23(32)19-26)28(40)36-24-9-5-21(6-10-24)30(33,34)35/h5-12,17-19H,3-4,13-16H2,1-2H3,(H,36,40)(H,38,39). The van der Waals surface area contributed by atoms with Gasteiger partial charge in [0.2, 0.25) is 0 Å². The minimum absolute atomic E-state index is 0.0756. The van der Waals surface area contributed by atoms with Crippen molar-refractivity contribution in [3.63, 3.8) is 0 Å². The number of carbonyl (C=O) groups is 2. The van der Waals surface area contributed by atoms with Gasteiger partial charge in [-0.05, 0) is 80.4 Å². The maximum atomic E-state index is 13.1. The smallest absolute Gasteiger partial charge is 0.416 e. The molecule has 0 aromatic heterocycles. The molecule has 3 aromatic rings. The van der Waals surface area contributed by atoms with Gasteiger partial charge in [-0.15, -0.1) is 0 Å². The summed E-state index contributed by atoms with van der Waals surface area (Å²) in [5.74, 6) is -0.217. The predicted molar refractivity (Wildman–Crippen MR) is 157 cm³/mol. The fourth-order valence-corrected chi connectivity index (χ4v) is 4.52. The minimum atomic E-state index is -4.49. The van der Waals surface area contributed by atoms with Crippen LogP contribution in [0.1, 0.15) is 31.4 Å². The summed E-state index contributed by atoms with van der Waals surface area (Å²) in [6, 6.07) is 14.8. The minimum Gasteiger partial charge on any atom is -0.493 e. The van der Waals surface area contributed by atoms with Gasteiger partial charge in [-0.2, -0.15) is 13.2 Å². The average Bonchev–Trinajstić information content (AvgIpc) is 2.94. The number of alkyl halides is 3. The molecule has 0 aliphatic heterocycles. The van der Waals surface area contributed by atoms with E-state index in [9.17, 15) is 27.9 Å². The zero-order valence-corrected chi connectivity index (χ0v) is 24.9. The SMILES string of the molecule is CCOC(C)(C(=O)O)c1ccc(OCCN(CCCOc2cc(Cl)cc(Cl)c2)C(=O)Nc2ccc(C(F)(F)F)cc2)cc1. The summed E-state index contributed by atoms with van der Waals surface area (Å²) in [6.45, 7) is 4.04. The number of carbonyl (C=O) groups excluding carboxylic acids is 1. The largest absolute Gasteiger partial charge is 0.493 e. The van der Waals surface area contributed by atoms with Gasteiger partial charge in [-0.3, -0.25) is 0 Å². The highest BCUT2D eigenvalue weighted by atomic mass is 35.5. The summed E-state index contributed by atoms with van der Waals surface area (Å²) in [6.07, 6.45) is -4.09. The van der Waals surface area contributed by atoms with E-state index in [4.69, 9.17) is 37.4 Å². The number of rotatable bonds is 14. The summed E-state index contributed by atoms with van der Waals surface area (Å²) in [5, 5.41) is 13.0. The number of benzene rings is 3. The average molecular weight is 643 g/mol. The van der Waals surface area contributed by atoms with E-state index in [-0.39, 0.29) is 38.6 Å². The van der Waals surface area contributed by atoms with Crippen LogP contribution >= 0.6 is 23.2 Å². The molecule has 0 aliphatic rings. The van der Waals surface area contributed by atoms with Crippen LogP contribution in [0.25, 0.3) is 0 Å². The Morgan fingerprint density at radius 2 is 1.44 bits per heavy atom. The van der Waals surface area contributed by atoms with Crippen molar-refractivity contribution >= 4 is 40.9 Å². The van der Waals surface area contributed by atoms with E-state index in [2.05, 4.69) is 5.32 Å². The second-order valence-electron chi connectivity index (χ2n) is 9.44. The molecule has 0 fully saturated rings. The van der Waals surface area contributed by atoms with E-state index in [1.165, 1.54) is 24.0 Å². The molecule has 0 saturated heterocycles. The maximum absolute atomic E-state index is 13.1. The summed E-state index contributed by atoms with van der Waals surface area (Å²) in [5.41, 5.74) is -1.71. The Balaban J connectivity index is 1.63. The molecule has 0 saturated carbocycles. The molecular weight excluding hydrogens is 612 g/mol. The molecule has 1 unspecified atom stereocenters. The van der Waals surface area contributed by atoms with Crippen molar-refractivity contribution in [3.05, 3.63) is 87.9 Å². The Morgan fingerprint density at radius 3 is 2.00 bits per heavy atom. The molecule has 0 aliphatic carbocycles. The van der Waals surface area contributed by atoms with Crippen LogP contribution in [-0.4, -0.2) is 54.9 Å². The first-order valence-corrected chi connectivity index (χ1v) is 14.0. The number of aliphatic carboxylic acids is 1. The van der Waals surface area contributed by atoms with Crippen LogP contribution in [0.3, 0.4) is 0 Å². The molecule has 232 valence electrons. The number of hydrogen-bond donors (Lipinski definition) is 2. The summed E-state index contributed by atoms with van der Waals surface area (Å²) >= 11 is 12.0. The van der Waals surface area contributed by atoms with Crippen LogP contribution in [-0.2, 0) is 21.3 Å². The number of nitrogens with one attached hydrogen (secondary N) is 1. The molecule has 13 heteroatoms. The number of hydrogen-bond acceptors (Lipinski definition) is 5.